The molecule has 1 aliphatic heterocycles. The van der Waals surface area contributed by atoms with Crippen molar-refractivity contribution in [1.29, 1.82) is 0 Å². The molecule has 0 aliphatic carbocycles. The first-order valence-corrected chi connectivity index (χ1v) is 8.67. The summed E-state index contributed by atoms with van der Waals surface area (Å²) in [6.45, 7) is 4.05. The van der Waals surface area contributed by atoms with E-state index in [4.69, 9.17) is 0 Å². The van der Waals surface area contributed by atoms with Gasteiger partial charge in [-0.15, -0.1) is 0 Å². The molecule has 1 aromatic heterocycles. The summed E-state index contributed by atoms with van der Waals surface area (Å²) in [5.74, 6) is 0.534. The van der Waals surface area contributed by atoms with Crippen LogP contribution in [0, 0.1) is 0 Å². The maximum absolute atomic E-state index is 11.4. The second-order valence-electron chi connectivity index (χ2n) is 4.61. The van der Waals surface area contributed by atoms with Gasteiger partial charge in [0.1, 0.15) is 0 Å². The zero-order valence-electron chi connectivity index (χ0n) is 10.7. The number of hydrogen-bond acceptors (Lipinski definition) is 4. The van der Waals surface area contributed by atoms with E-state index in [1.165, 1.54) is 0 Å². The second kappa shape index (κ2) is 5.30. The summed E-state index contributed by atoms with van der Waals surface area (Å²) in [6.07, 6.45) is 0.892. The van der Waals surface area contributed by atoms with Crippen molar-refractivity contribution in [3.63, 3.8) is 0 Å². The number of halogens is 1. The smallest absolute Gasteiger partial charge is 0.152 e. The van der Waals surface area contributed by atoms with Crippen LogP contribution in [0.25, 0.3) is 0 Å². The highest BCUT2D eigenvalue weighted by molar-refractivity contribution is 9.10. The molecule has 18 heavy (non-hydrogen) atoms. The Balaban J connectivity index is 2.09. The van der Waals surface area contributed by atoms with Crippen LogP contribution in [0.1, 0.15) is 18.3 Å². The summed E-state index contributed by atoms with van der Waals surface area (Å²) in [5, 5.41) is 4.45. The summed E-state index contributed by atoms with van der Waals surface area (Å²) in [4.78, 5) is 2.17. The molecule has 0 aromatic carbocycles. The van der Waals surface area contributed by atoms with Crippen LogP contribution in [-0.4, -0.2) is 47.7 Å². The molecule has 0 radical (unpaired) electrons. The quantitative estimate of drug-likeness (QED) is 0.826. The fourth-order valence-electron chi connectivity index (χ4n) is 2.11. The van der Waals surface area contributed by atoms with Crippen molar-refractivity contribution in [3.05, 3.63) is 15.9 Å². The molecule has 1 aromatic rings. The second-order valence-corrected chi connectivity index (χ2v) is 7.71. The van der Waals surface area contributed by atoms with E-state index in [0.29, 0.717) is 13.1 Å². The zero-order valence-corrected chi connectivity index (χ0v) is 13.1. The van der Waals surface area contributed by atoms with Crippen molar-refractivity contribution in [2.45, 2.75) is 19.9 Å². The third-order valence-corrected chi connectivity index (χ3v) is 5.84. The van der Waals surface area contributed by atoms with Crippen LogP contribution in [0.3, 0.4) is 0 Å². The van der Waals surface area contributed by atoms with Crippen LogP contribution in [0.4, 0.5) is 0 Å². The van der Waals surface area contributed by atoms with Crippen LogP contribution in [-0.2, 0) is 29.9 Å². The van der Waals surface area contributed by atoms with Crippen molar-refractivity contribution >= 4 is 25.8 Å². The first-order chi connectivity index (χ1) is 8.43. The van der Waals surface area contributed by atoms with Crippen LogP contribution >= 0.6 is 15.9 Å². The summed E-state index contributed by atoms with van der Waals surface area (Å²) >= 11 is 3.58. The molecule has 0 N–H and O–H groups in total. The molecular formula is C11H18BrN3O2S. The molecule has 2 heterocycles. The van der Waals surface area contributed by atoms with E-state index >= 15 is 0 Å². The predicted molar refractivity (Wildman–Crippen MR) is 74.2 cm³/mol. The average molecular weight is 336 g/mol. The molecule has 1 aliphatic rings. The van der Waals surface area contributed by atoms with Gasteiger partial charge in [-0.05, 0) is 22.4 Å². The summed E-state index contributed by atoms with van der Waals surface area (Å²) < 4.78 is 25.7. The van der Waals surface area contributed by atoms with Crippen LogP contribution in [0.5, 0.6) is 0 Å². The maximum atomic E-state index is 11.4. The van der Waals surface area contributed by atoms with Gasteiger partial charge in [-0.25, -0.2) is 8.42 Å². The minimum atomic E-state index is -2.80. The lowest BCUT2D eigenvalue weighted by Gasteiger charge is -2.26. The molecule has 0 bridgehead atoms. The Morgan fingerprint density at radius 3 is 2.44 bits per heavy atom. The Morgan fingerprint density at radius 1 is 1.33 bits per heavy atom. The Morgan fingerprint density at radius 2 is 1.94 bits per heavy atom. The van der Waals surface area contributed by atoms with Crippen LogP contribution in [0.15, 0.2) is 4.47 Å². The number of aryl methyl sites for hydroxylation is 2. The highest BCUT2D eigenvalue weighted by atomic mass is 79.9. The lowest BCUT2D eigenvalue weighted by molar-refractivity contribution is 0.279. The largest absolute Gasteiger partial charge is 0.295 e. The number of nitrogens with zero attached hydrogens (tertiary/aromatic N) is 3. The first-order valence-electron chi connectivity index (χ1n) is 6.06. The number of rotatable bonds is 3. The molecule has 0 unspecified atom stereocenters. The number of sulfone groups is 1. The van der Waals surface area contributed by atoms with E-state index < -0.39 is 9.84 Å². The van der Waals surface area contributed by atoms with Gasteiger partial charge in [0.2, 0.25) is 0 Å². The Kier molecular flexibility index (Phi) is 4.13. The Labute approximate surface area is 116 Å². The first kappa shape index (κ1) is 14.0. The van der Waals surface area contributed by atoms with E-state index in [2.05, 4.69) is 32.9 Å². The van der Waals surface area contributed by atoms with Crippen molar-refractivity contribution in [2.24, 2.45) is 7.05 Å². The fraction of sp³-hybridized carbons (Fsp3) is 0.727. The van der Waals surface area contributed by atoms with Crippen molar-refractivity contribution in [1.82, 2.24) is 14.7 Å². The zero-order chi connectivity index (χ0) is 13.3. The van der Waals surface area contributed by atoms with Gasteiger partial charge in [0.25, 0.3) is 0 Å². The van der Waals surface area contributed by atoms with Gasteiger partial charge in [0.05, 0.1) is 27.4 Å². The third kappa shape index (κ3) is 2.95. The van der Waals surface area contributed by atoms with Crippen molar-refractivity contribution in [3.8, 4) is 0 Å². The third-order valence-electron chi connectivity index (χ3n) is 3.31. The topological polar surface area (TPSA) is 55.2 Å². The van der Waals surface area contributed by atoms with Gasteiger partial charge in [-0.3, -0.25) is 9.58 Å². The van der Waals surface area contributed by atoms with Crippen LogP contribution < -0.4 is 0 Å². The summed E-state index contributed by atoms with van der Waals surface area (Å²) in [5.41, 5.74) is 2.17. The standard InChI is InChI=1S/C11H18BrN3O2S/c1-3-9-11(12)10(14(2)13-9)8-15-4-6-18(16,17)7-5-15/h3-8H2,1-2H3. The van der Waals surface area contributed by atoms with E-state index in [1.807, 2.05) is 11.7 Å². The molecule has 7 heteroatoms. The van der Waals surface area contributed by atoms with Gasteiger partial charge >= 0.3 is 0 Å². The summed E-state index contributed by atoms with van der Waals surface area (Å²) in [6, 6.07) is 0. The minimum Gasteiger partial charge on any atom is -0.295 e. The van der Waals surface area contributed by atoms with Gasteiger partial charge in [-0.1, -0.05) is 6.92 Å². The molecular weight excluding hydrogens is 318 g/mol. The molecule has 1 fully saturated rings. The molecule has 1 saturated heterocycles. The fourth-order valence-corrected chi connectivity index (χ4v) is 4.13. The molecule has 5 nitrogen and oxygen atoms in total. The number of aromatic nitrogens is 2. The highest BCUT2D eigenvalue weighted by Crippen LogP contribution is 2.23. The Bertz CT molecular complexity index is 525. The van der Waals surface area contributed by atoms with Crippen molar-refractivity contribution < 1.29 is 8.42 Å². The number of hydrogen-bond donors (Lipinski definition) is 0. The molecule has 102 valence electrons. The lowest BCUT2D eigenvalue weighted by Crippen LogP contribution is -2.40. The average Bonchev–Trinajstić information content (AvgIpc) is 2.59. The SMILES string of the molecule is CCc1nn(C)c(CN2CCS(=O)(=O)CC2)c1Br. The van der Waals surface area contributed by atoms with E-state index in [0.717, 1.165) is 28.8 Å². The minimum absolute atomic E-state index is 0.267. The van der Waals surface area contributed by atoms with Gasteiger partial charge in [0.15, 0.2) is 9.84 Å². The van der Waals surface area contributed by atoms with Gasteiger partial charge < -0.3 is 0 Å². The maximum Gasteiger partial charge on any atom is 0.152 e. The molecule has 0 saturated carbocycles. The van der Waals surface area contributed by atoms with Gasteiger partial charge in [0, 0.05) is 26.7 Å². The molecule has 0 atom stereocenters. The van der Waals surface area contributed by atoms with Crippen LogP contribution in [0.2, 0.25) is 0 Å². The van der Waals surface area contributed by atoms with E-state index in [9.17, 15) is 8.42 Å². The Hall–Kier alpha value is -0.400. The lowest BCUT2D eigenvalue weighted by atomic mass is 10.3. The monoisotopic (exact) mass is 335 g/mol. The van der Waals surface area contributed by atoms with E-state index in [-0.39, 0.29) is 11.5 Å². The molecule has 2 rings (SSSR count). The van der Waals surface area contributed by atoms with Gasteiger partial charge in [-0.2, -0.15) is 5.10 Å². The van der Waals surface area contributed by atoms with E-state index in [1.54, 1.807) is 0 Å². The highest BCUT2D eigenvalue weighted by Gasteiger charge is 2.23. The van der Waals surface area contributed by atoms with Crippen molar-refractivity contribution in [2.75, 3.05) is 24.6 Å². The normalized spacial score (nSPS) is 20.2. The predicted octanol–water partition coefficient (Wildman–Crippen LogP) is 0.975. The summed E-state index contributed by atoms with van der Waals surface area (Å²) in [7, 11) is -0.873. The molecule has 0 amide bonds. The molecule has 0 spiro atoms.